The highest BCUT2D eigenvalue weighted by Crippen LogP contribution is 2.36. The van der Waals surface area contributed by atoms with Crippen molar-refractivity contribution in [2.24, 2.45) is 0 Å². The Kier molecular flexibility index (Phi) is 5.71. The predicted octanol–water partition coefficient (Wildman–Crippen LogP) is 8.66. The van der Waals surface area contributed by atoms with Crippen LogP contribution in [0.25, 0.3) is 50.3 Å². The summed E-state index contributed by atoms with van der Waals surface area (Å²) in [4.78, 5) is 14.7. The molecule has 1 aliphatic rings. The second-order valence-corrected chi connectivity index (χ2v) is 10.4. The number of rotatable bonds is 4. The fraction of sp³-hybridized carbons (Fsp3) is 0.0606. The van der Waals surface area contributed by atoms with E-state index in [0.717, 1.165) is 61.5 Å². The molecule has 0 amide bonds. The lowest BCUT2D eigenvalue weighted by atomic mass is 9.94. The van der Waals surface area contributed by atoms with Gasteiger partial charge in [0.2, 0.25) is 0 Å². The zero-order chi connectivity index (χ0) is 25.5. The SMILES string of the molecule is Brc1ccc2c3cccnc3n(C3=CCC(c4cc(-c5ccccc5)nc(-c5ccccc5)n4)C=C3)c2c1. The molecule has 1 aliphatic carbocycles. The Hall–Kier alpha value is -4.35. The summed E-state index contributed by atoms with van der Waals surface area (Å²) in [5, 5.41) is 2.35. The standard InChI is InChI=1S/C33H23BrN4/c34-25-15-18-27-28-12-7-19-35-33(28)38(31(27)20-25)26-16-13-23(14-17-26)30-21-29(22-8-3-1-4-9-22)36-32(37-30)24-10-5-2-6-11-24/h1-13,15-21,23H,14H2. The second kappa shape index (κ2) is 9.51. The monoisotopic (exact) mass is 554 g/mol. The molecule has 5 heteroatoms. The van der Waals surface area contributed by atoms with E-state index in [1.165, 1.54) is 5.39 Å². The number of fused-ring (bicyclic) bond motifs is 3. The molecule has 0 N–H and O–H groups in total. The molecule has 7 rings (SSSR count). The van der Waals surface area contributed by atoms with Crippen LogP contribution >= 0.6 is 15.9 Å². The third kappa shape index (κ3) is 4.05. The highest BCUT2D eigenvalue weighted by molar-refractivity contribution is 9.10. The first-order valence-corrected chi connectivity index (χ1v) is 13.5. The van der Waals surface area contributed by atoms with Gasteiger partial charge in [0, 0.05) is 44.2 Å². The molecule has 0 bridgehead atoms. The molecule has 0 saturated heterocycles. The molecule has 3 heterocycles. The van der Waals surface area contributed by atoms with Crippen molar-refractivity contribution in [3.05, 3.63) is 132 Å². The van der Waals surface area contributed by atoms with Crippen molar-refractivity contribution in [3.63, 3.8) is 0 Å². The number of aromatic nitrogens is 4. The number of benzene rings is 3. The minimum atomic E-state index is 0.152. The minimum Gasteiger partial charge on any atom is -0.294 e. The van der Waals surface area contributed by atoms with Crippen LogP contribution in [0.3, 0.4) is 0 Å². The van der Waals surface area contributed by atoms with Crippen LogP contribution in [0, 0.1) is 0 Å². The Balaban J connectivity index is 1.30. The topological polar surface area (TPSA) is 43.6 Å². The van der Waals surface area contributed by atoms with E-state index in [4.69, 9.17) is 15.0 Å². The normalized spacial score (nSPS) is 15.2. The molecular weight excluding hydrogens is 532 g/mol. The van der Waals surface area contributed by atoms with E-state index < -0.39 is 0 Å². The Labute approximate surface area is 229 Å². The van der Waals surface area contributed by atoms with E-state index in [0.29, 0.717) is 0 Å². The predicted molar refractivity (Wildman–Crippen MR) is 159 cm³/mol. The molecular formula is C33H23BrN4. The largest absolute Gasteiger partial charge is 0.294 e. The molecule has 3 aromatic heterocycles. The molecule has 1 unspecified atom stereocenters. The maximum atomic E-state index is 5.04. The van der Waals surface area contributed by atoms with Gasteiger partial charge in [0.25, 0.3) is 0 Å². The first kappa shape index (κ1) is 22.8. The van der Waals surface area contributed by atoms with Gasteiger partial charge >= 0.3 is 0 Å². The summed E-state index contributed by atoms with van der Waals surface area (Å²) in [6.45, 7) is 0. The average Bonchev–Trinajstić information content (AvgIpc) is 3.31. The molecule has 0 saturated carbocycles. The summed E-state index contributed by atoms with van der Waals surface area (Å²) in [5.41, 5.74) is 7.30. The number of hydrogen-bond acceptors (Lipinski definition) is 3. The lowest BCUT2D eigenvalue weighted by Crippen LogP contribution is -2.07. The van der Waals surface area contributed by atoms with E-state index >= 15 is 0 Å². The fourth-order valence-corrected chi connectivity index (χ4v) is 5.55. The van der Waals surface area contributed by atoms with Crippen LogP contribution in [0.4, 0.5) is 0 Å². The summed E-state index contributed by atoms with van der Waals surface area (Å²) in [6, 6.07) is 33.2. The van der Waals surface area contributed by atoms with E-state index in [-0.39, 0.29) is 5.92 Å². The zero-order valence-electron chi connectivity index (χ0n) is 20.5. The van der Waals surface area contributed by atoms with Crippen molar-refractivity contribution >= 4 is 43.6 Å². The first-order valence-electron chi connectivity index (χ1n) is 12.7. The maximum absolute atomic E-state index is 5.04. The van der Waals surface area contributed by atoms with Gasteiger partial charge in [-0.25, -0.2) is 15.0 Å². The molecule has 0 radical (unpaired) electrons. The highest BCUT2D eigenvalue weighted by Gasteiger charge is 2.20. The molecule has 0 spiro atoms. The number of pyridine rings is 1. The number of allylic oxidation sites excluding steroid dienone is 4. The number of halogens is 1. The Morgan fingerprint density at radius 2 is 1.55 bits per heavy atom. The van der Waals surface area contributed by atoms with Gasteiger partial charge in [-0.3, -0.25) is 4.57 Å². The van der Waals surface area contributed by atoms with Gasteiger partial charge in [0.1, 0.15) is 5.65 Å². The van der Waals surface area contributed by atoms with Crippen molar-refractivity contribution in [2.45, 2.75) is 12.3 Å². The molecule has 0 fully saturated rings. The molecule has 3 aromatic carbocycles. The maximum Gasteiger partial charge on any atom is 0.160 e. The van der Waals surface area contributed by atoms with Gasteiger partial charge in [0.15, 0.2) is 5.82 Å². The Bertz CT molecular complexity index is 1800. The van der Waals surface area contributed by atoms with Crippen LogP contribution in [0.5, 0.6) is 0 Å². The van der Waals surface area contributed by atoms with Gasteiger partial charge in [0.05, 0.1) is 16.9 Å². The lowest BCUT2D eigenvalue weighted by molar-refractivity contribution is 0.809. The van der Waals surface area contributed by atoms with E-state index in [9.17, 15) is 0 Å². The molecule has 1 atom stereocenters. The van der Waals surface area contributed by atoms with Crippen LogP contribution < -0.4 is 0 Å². The van der Waals surface area contributed by atoms with Gasteiger partial charge in [-0.05, 0) is 42.8 Å². The fourth-order valence-electron chi connectivity index (χ4n) is 5.20. The molecule has 0 aliphatic heterocycles. The van der Waals surface area contributed by atoms with Crippen LogP contribution in [0.2, 0.25) is 0 Å². The molecule has 6 aromatic rings. The summed E-state index contributed by atoms with van der Waals surface area (Å²) in [6.07, 6.45) is 9.47. The van der Waals surface area contributed by atoms with E-state index in [2.05, 4.69) is 93.3 Å². The zero-order valence-corrected chi connectivity index (χ0v) is 22.1. The number of nitrogens with zero attached hydrogens (tertiary/aromatic N) is 4. The van der Waals surface area contributed by atoms with Crippen LogP contribution in [-0.4, -0.2) is 19.5 Å². The highest BCUT2D eigenvalue weighted by atomic mass is 79.9. The van der Waals surface area contributed by atoms with Crippen LogP contribution in [0.15, 0.2) is 126 Å². The quantitative estimate of drug-likeness (QED) is 0.219. The first-order chi connectivity index (χ1) is 18.7. The Morgan fingerprint density at radius 1 is 0.763 bits per heavy atom. The van der Waals surface area contributed by atoms with Crippen LogP contribution in [0.1, 0.15) is 18.0 Å². The van der Waals surface area contributed by atoms with Gasteiger partial charge in [-0.15, -0.1) is 0 Å². The third-order valence-corrected chi connectivity index (χ3v) is 7.55. The molecule has 182 valence electrons. The van der Waals surface area contributed by atoms with Gasteiger partial charge in [-0.2, -0.15) is 0 Å². The summed E-state index contributed by atoms with van der Waals surface area (Å²) >= 11 is 3.65. The third-order valence-electron chi connectivity index (χ3n) is 7.06. The smallest absolute Gasteiger partial charge is 0.160 e. The molecule has 38 heavy (non-hydrogen) atoms. The van der Waals surface area contributed by atoms with Gasteiger partial charge < -0.3 is 0 Å². The Morgan fingerprint density at radius 3 is 2.32 bits per heavy atom. The summed E-state index contributed by atoms with van der Waals surface area (Å²) in [5.74, 6) is 0.904. The van der Waals surface area contributed by atoms with Crippen molar-refractivity contribution in [1.29, 1.82) is 0 Å². The second-order valence-electron chi connectivity index (χ2n) is 9.44. The number of hydrogen-bond donors (Lipinski definition) is 0. The minimum absolute atomic E-state index is 0.152. The lowest BCUT2D eigenvalue weighted by Gasteiger charge is -2.19. The van der Waals surface area contributed by atoms with Crippen molar-refractivity contribution in [1.82, 2.24) is 19.5 Å². The van der Waals surface area contributed by atoms with Crippen molar-refractivity contribution < 1.29 is 0 Å². The molecule has 4 nitrogen and oxygen atoms in total. The van der Waals surface area contributed by atoms with E-state index in [1.54, 1.807) is 0 Å². The van der Waals surface area contributed by atoms with Crippen LogP contribution in [-0.2, 0) is 0 Å². The van der Waals surface area contributed by atoms with Crippen molar-refractivity contribution in [3.8, 4) is 22.6 Å². The van der Waals surface area contributed by atoms with E-state index in [1.807, 2.05) is 48.7 Å². The average molecular weight is 555 g/mol. The van der Waals surface area contributed by atoms with Gasteiger partial charge in [-0.1, -0.05) is 94.8 Å². The van der Waals surface area contributed by atoms with Crippen molar-refractivity contribution in [2.75, 3.05) is 0 Å². The summed E-state index contributed by atoms with van der Waals surface area (Å²) in [7, 11) is 0. The summed E-state index contributed by atoms with van der Waals surface area (Å²) < 4.78 is 3.31.